The van der Waals surface area contributed by atoms with Crippen LogP contribution in [0.25, 0.3) is 0 Å². The zero-order chi connectivity index (χ0) is 13.0. The molecule has 0 radical (unpaired) electrons. The fourth-order valence-corrected chi connectivity index (χ4v) is 3.27. The summed E-state index contributed by atoms with van der Waals surface area (Å²) in [5.74, 6) is 0.775. The van der Waals surface area contributed by atoms with Crippen LogP contribution >= 0.6 is 0 Å². The maximum Gasteiger partial charge on any atom is 0.0702 e. The molecule has 0 aromatic carbocycles. The Bertz CT molecular complexity index is 241. The van der Waals surface area contributed by atoms with Crippen molar-refractivity contribution < 1.29 is 4.74 Å². The molecule has 3 heteroatoms. The lowest BCUT2D eigenvalue weighted by molar-refractivity contribution is 0.0237. The van der Waals surface area contributed by atoms with Crippen molar-refractivity contribution in [3.8, 4) is 0 Å². The van der Waals surface area contributed by atoms with Gasteiger partial charge in [-0.05, 0) is 25.2 Å². The van der Waals surface area contributed by atoms with Crippen LogP contribution in [-0.4, -0.2) is 49.3 Å². The van der Waals surface area contributed by atoms with Gasteiger partial charge in [-0.25, -0.2) is 0 Å². The van der Waals surface area contributed by atoms with E-state index < -0.39 is 0 Å². The molecule has 1 N–H and O–H groups in total. The third-order valence-corrected chi connectivity index (χ3v) is 4.80. The molecule has 4 atom stereocenters. The molecule has 2 saturated heterocycles. The highest BCUT2D eigenvalue weighted by molar-refractivity contribution is 4.89. The zero-order valence-electron chi connectivity index (χ0n) is 12.3. The van der Waals surface area contributed by atoms with Crippen LogP contribution in [0.4, 0.5) is 0 Å². The first kappa shape index (κ1) is 14.3. The summed E-state index contributed by atoms with van der Waals surface area (Å²) in [6.07, 6.45) is 5.50. The Labute approximate surface area is 112 Å². The summed E-state index contributed by atoms with van der Waals surface area (Å²) < 4.78 is 5.82. The summed E-state index contributed by atoms with van der Waals surface area (Å²) in [6.45, 7) is 11.5. The van der Waals surface area contributed by atoms with Gasteiger partial charge in [-0.3, -0.25) is 4.90 Å². The van der Waals surface area contributed by atoms with E-state index in [0.717, 1.165) is 25.6 Å². The van der Waals surface area contributed by atoms with E-state index in [1.807, 2.05) is 0 Å². The standard InChI is InChI=1S/C15H30N2O/c1-4-12(3)15-9-16-13(5-2)10-17(15)11-14-7-6-8-18-14/h12-16H,4-11H2,1-3H3. The minimum Gasteiger partial charge on any atom is -0.377 e. The van der Waals surface area contributed by atoms with Crippen molar-refractivity contribution in [2.45, 2.75) is 64.6 Å². The fraction of sp³-hybridized carbons (Fsp3) is 1.00. The third-order valence-electron chi connectivity index (χ3n) is 4.80. The Morgan fingerprint density at radius 2 is 2.22 bits per heavy atom. The molecule has 2 rings (SSSR count). The molecule has 0 saturated carbocycles. The Morgan fingerprint density at radius 1 is 1.39 bits per heavy atom. The van der Waals surface area contributed by atoms with Crippen molar-refractivity contribution in [2.24, 2.45) is 5.92 Å². The van der Waals surface area contributed by atoms with Gasteiger partial charge in [0.05, 0.1) is 6.10 Å². The van der Waals surface area contributed by atoms with Crippen LogP contribution in [-0.2, 0) is 4.74 Å². The molecule has 2 aliphatic heterocycles. The molecule has 2 aliphatic rings. The summed E-state index contributed by atoms with van der Waals surface area (Å²) >= 11 is 0. The molecule has 0 aliphatic carbocycles. The number of hydrogen-bond donors (Lipinski definition) is 1. The molecule has 3 nitrogen and oxygen atoms in total. The summed E-state index contributed by atoms with van der Waals surface area (Å²) in [6, 6.07) is 1.37. The normalized spacial score (nSPS) is 35.8. The minimum atomic E-state index is 0.493. The highest BCUT2D eigenvalue weighted by Gasteiger charge is 2.32. The maximum atomic E-state index is 5.82. The lowest BCUT2D eigenvalue weighted by Gasteiger charge is -2.43. The van der Waals surface area contributed by atoms with Crippen molar-refractivity contribution in [2.75, 3.05) is 26.2 Å². The molecule has 0 spiro atoms. The highest BCUT2D eigenvalue weighted by atomic mass is 16.5. The van der Waals surface area contributed by atoms with Crippen molar-refractivity contribution in [1.82, 2.24) is 10.2 Å². The van der Waals surface area contributed by atoms with E-state index in [1.54, 1.807) is 0 Å². The average Bonchev–Trinajstić information content (AvgIpc) is 2.90. The molecule has 2 heterocycles. The van der Waals surface area contributed by atoms with Gasteiger partial charge in [0.1, 0.15) is 0 Å². The van der Waals surface area contributed by atoms with Gasteiger partial charge < -0.3 is 10.1 Å². The molecule has 4 unspecified atom stereocenters. The van der Waals surface area contributed by atoms with Gasteiger partial charge in [0.25, 0.3) is 0 Å². The van der Waals surface area contributed by atoms with Gasteiger partial charge in [0.15, 0.2) is 0 Å². The molecule has 106 valence electrons. The van der Waals surface area contributed by atoms with E-state index in [1.165, 1.54) is 32.2 Å². The third kappa shape index (κ3) is 3.46. The summed E-state index contributed by atoms with van der Waals surface area (Å²) in [4.78, 5) is 2.70. The first-order valence-electron chi connectivity index (χ1n) is 7.83. The zero-order valence-corrected chi connectivity index (χ0v) is 12.3. The molecule has 0 aromatic rings. The second-order valence-electron chi connectivity index (χ2n) is 6.06. The SMILES string of the molecule is CCC1CN(CC2CCCO2)C(C(C)CC)CN1. The van der Waals surface area contributed by atoms with Crippen LogP contribution < -0.4 is 5.32 Å². The number of piperazine rings is 1. The van der Waals surface area contributed by atoms with Crippen molar-refractivity contribution >= 4 is 0 Å². The van der Waals surface area contributed by atoms with E-state index in [0.29, 0.717) is 18.2 Å². The topological polar surface area (TPSA) is 24.5 Å². The van der Waals surface area contributed by atoms with Gasteiger partial charge in [-0.1, -0.05) is 27.2 Å². The van der Waals surface area contributed by atoms with Gasteiger partial charge in [-0.2, -0.15) is 0 Å². The lowest BCUT2D eigenvalue weighted by Crippen LogP contribution is -2.59. The quantitative estimate of drug-likeness (QED) is 0.814. The van der Waals surface area contributed by atoms with E-state index in [-0.39, 0.29) is 0 Å². The second-order valence-corrected chi connectivity index (χ2v) is 6.06. The number of ether oxygens (including phenoxy) is 1. The molecule has 2 fully saturated rings. The molecule has 0 amide bonds. The minimum absolute atomic E-state index is 0.493. The van der Waals surface area contributed by atoms with Crippen LogP contribution in [0.5, 0.6) is 0 Å². The van der Waals surface area contributed by atoms with E-state index in [4.69, 9.17) is 4.74 Å². The summed E-state index contributed by atoms with van der Waals surface area (Å²) in [5, 5.41) is 3.71. The first-order valence-corrected chi connectivity index (χ1v) is 7.83. The van der Waals surface area contributed by atoms with Crippen LogP contribution in [0.2, 0.25) is 0 Å². The monoisotopic (exact) mass is 254 g/mol. The molecule has 0 bridgehead atoms. The summed E-state index contributed by atoms with van der Waals surface area (Å²) in [7, 11) is 0. The van der Waals surface area contributed by atoms with Crippen LogP contribution in [0, 0.1) is 5.92 Å². The molecule has 18 heavy (non-hydrogen) atoms. The molecular formula is C15H30N2O. The predicted octanol–water partition coefficient (Wildman–Crippen LogP) is 2.26. The highest BCUT2D eigenvalue weighted by Crippen LogP contribution is 2.22. The van der Waals surface area contributed by atoms with Gasteiger partial charge >= 0.3 is 0 Å². The van der Waals surface area contributed by atoms with Crippen molar-refractivity contribution in [3.05, 3.63) is 0 Å². The smallest absolute Gasteiger partial charge is 0.0702 e. The van der Waals surface area contributed by atoms with Crippen molar-refractivity contribution in [1.29, 1.82) is 0 Å². The van der Waals surface area contributed by atoms with Crippen LogP contribution in [0.3, 0.4) is 0 Å². The van der Waals surface area contributed by atoms with Gasteiger partial charge in [0.2, 0.25) is 0 Å². The number of nitrogens with zero attached hydrogens (tertiary/aromatic N) is 1. The van der Waals surface area contributed by atoms with Crippen LogP contribution in [0.1, 0.15) is 46.5 Å². The average molecular weight is 254 g/mol. The van der Waals surface area contributed by atoms with Crippen molar-refractivity contribution in [3.63, 3.8) is 0 Å². The van der Waals surface area contributed by atoms with Crippen LogP contribution in [0.15, 0.2) is 0 Å². The predicted molar refractivity (Wildman–Crippen MR) is 75.9 cm³/mol. The Morgan fingerprint density at radius 3 is 2.83 bits per heavy atom. The molecular weight excluding hydrogens is 224 g/mol. The number of nitrogens with one attached hydrogen (secondary N) is 1. The first-order chi connectivity index (χ1) is 8.74. The number of rotatable bonds is 5. The van der Waals surface area contributed by atoms with Gasteiger partial charge in [0, 0.05) is 38.3 Å². The summed E-state index contributed by atoms with van der Waals surface area (Å²) in [5.41, 5.74) is 0. The molecule has 0 aromatic heterocycles. The van der Waals surface area contributed by atoms with E-state index >= 15 is 0 Å². The van der Waals surface area contributed by atoms with E-state index in [2.05, 4.69) is 31.0 Å². The Balaban J connectivity index is 1.94. The lowest BCUT2D eigenvalue weighted by atomic mass is 9.93. The van der Waals surface area contributed by atoms with Gasteiger partial charge in [-0.15, -0.1) is 0 Å². The maximum absolute atomic E-state index is 5.82. The fourth-order valence-electron chi connectivity index (χ4n) is 3.27. The number of hydrogen-bond acceptors (Lipinski definition) is 3. The second kappa shape index (κ2) is 6.88. The Kier molecular flexibility index (Phi) is 5.46. The van der Waals surface area contributed by atoms with E-state index in [9.17, 15) is 0 Å². The largest absolute Gasteiger partial charge is 0.377 e. The Hall–Kier alpha value is -0.120.